The zero-order valence-corrected chi connectivity index (χ0v) is 8.51. The first-order valence-electron chi connectivity index (χ1n) is 4.83. The summed E-state index contributed by atoms with van der Waals surface area (Å²) in [5, 5.41) is 21.6. The molecular formula is C10H6N6O. The molecule has 3 rings (SSSR count). The lowest BCUT2D eigenvalue weighted by Crippen LogP contribution is -2.18. The number of aromatic nitrogens is 3. The lowest BCUT2D eigenvalue weighted by Gasteiger charge is -2.04. The van der Waals surface area contributed by atoms with E-state index < -0.39 is 6.03 Å². The highest BCUT2D eigenvalue weighted by molar-refractivity contribution is 6.02. The summed E-state index contributed by atoms with van der Waals surface area (Å²) in [6.07, 6.45) is 0. The van der Waals surface area contributed by atoms with E-state index in [4.69, 9.17) is 5.26 Å². The SMILES string of the molecule is N#Cc1nnn2c1NC(=O)Nc1ccccc1-2. The number of hydrogen-bond donors (Lipinski definition) is 2. The maximum absolute atomic E-state index is 11.6. The largest absolute Gasteiger partial charge is 0.324 e. The fraction of sp³-hybridized carbons (Fsp3) is 0. The molecule has 1 aliphatic heterocycles. The summed E-state index contributed by atoms with van der Waals surface area (Å²) in [6, 6.07) is 8.59. The second kappa shape index (κ2) is 3.31. The van der Waals surface area contributed by atoms with E-state index in [-0.39, 0.29) is 11.5 Å². The Morgan fingerprint density at radius 3 is 2.94 bits per heavy atom. The number of anilines is 2. The highest BCUT2D eigenvalue weighted by Crippen LogP contribution is 2.27. The van der Waals surface area contributed by atoms with Crippen LogP contribution in [0.25, 0.3) is 5.69 Å². The van der Waals surface area contributed by atoms with Gasteiger partial charge < -0.3 is 5.32 Å². The molecule has 2 heterocycles. The number of nitrogens with one attached hydrogen (secondary N) is 2. The number of hydrogen-bond acceptors (Lipinski definition) is 4. The van der Waals surface area contributed by atoms with Crippen LogP contribution in [-0.2, 0) is 0 Å². The molecule has 0 atom stereocenters. The van der Waals surface area contributed by atoms with Gasteiger partial charge in [0.15, 0.2) is 5.82 Å². The van der Waals surface area contributed by atoms with E-state index in [9.17, 15) is 4.79 Å². The van der Waals surface area contributed by atoms with Crippen LogP contribution in [0.15, 0.2) is 24.3 Å². The first kappa shape index (κ1) is 9.35. The van der Waals surface area contributed by atoms with Crippen molar-refractivity contribution in [3.8, 4) is 11.8 Å². The third kappa shape index (κ3) is 1.32. The van der Waals surface area contributed by atoms with Gasteiger partial charge in [0, 0.05) is 0 Å². The van der Waals surface area contributed by atoms with E-state index in [0.29, 0.717) is 11.4 Å². The summed E-state index contributed by atoms with van der Waals surface area (Å²) in [5.41, 5.74) is 1.35. The molecule has 0 unspecified atom stereocenters. The van der Waals surface area contributed by atoms with Crippen molar-refractivity contribution in [2.75, 3.05) is 10.6 Å². The van der Waals surface area contributed by atoms with E-state index in [1.165, 1.54) is 4.68 Å². The van der Waals surface area contributed by atoms with Gasteiger partial charge in [0.1, 0.15) is 6.07 Å². The highest BCUT2D eigenvalue weighted by atomic mass is 16.2. The highest BCUT2D eigenvalue weighted by Gasteiger charge is 2.22. The van der Waals surface area contributed by atoms with Gasteiger partial charge in [0.2, 0.25) is 5.69 Å². The second-order valence-electron chi connectivity index (χ2n) is 3.41. The van der Waals surface area contributed by atoms with Crippen molar-refractivity contribution in [3.05, 3.63) is 30.0 Å². The Kier molecular flexibility index (Phi) is 1.82. The number of fused-ring (bicyclic) bond motifs is 3. The normalized spacial score (nSPS) is 12.5. The zero-order chi connectivity index (χ0) is 11.8. The summed E-state index contributed by atoms with van der Waals surface area (Å²) >= 11 is 0. The van der Waals surface area contributed by atoms with Gasteiger partial charge in [-0.05, 0) is 12.1 Å². The van der Waals surface area contributed by atoms with E-state index in [0.717, 1.165) is 0 Å². The first-order valence-corrected chi connectivity index (χ1v) is 4.83. The molecule has 2 aromatic rings. The minimum absolute atomic E-state index is 0.0804. The Morgan fingerprint density at radius 1 is 1.29 bits per heavy atom. The van der Waals surface area contributed by atoms with Gasteiger partial charge in [-0.2, -0.15) is 9.94 Å². The van der Waals surface area contributed by atoms with Gasteiger partial charge in [-0.3, -0.25) is 5.32 Å². The van der Waals surface area contributed by atoms with E-state index in [2.05, 4.69) is 20.9 Å². The number of amides is 2. The average molecular weight is 226 g/mol. The molecule has 2 N–H and O–H groups in total. The molecule has 2 amide bonds. The smallest absolute Gasteiger partial charge is 0.306 e. The molecule has 0 fully saturated rings. The van der Waals surface area contributed by atoms with Gasteiger partial charge in [0.25, 0.3) is 0 Å². The molecule has 0 saturated carbocycles. The van der Waals surface area contributed by atoms with Crippen LogP contribution in [0, 0.1) is 11.3 Å². The summed E-state index contributed by atoms with van der Waals surface area (Å²) < 4.78 is 1.42. The minimum atomic E-state index is -0.421. The van der Waals surface area contributed by atoms with E-state index in [1.807, 2.05) is 12.1 Å². The van der Waals surface area contributed by atoms with E-state index >= 15 is 0 Å². The maximum Gasteiger partial charge on any atom is 0.324 e. The Bertz CT molecular complexity index is 653. The van der Waals surface area contributed by atoms with Crippen molar-refractivity contribution >= 4 is 17.5 Å². The molecule has 7 nitrogen and oxygen atoms in total. The van der Waals surface area contributed by atoms with Crippen LogP contribution in [0.5, 0.6) is 0 Å². The van der Waals surface area contributed by atoms with Gasteiger partial charge in [-0.1, -0.05) is 17.3 Å². The predicted octanol–water partition coefficient (Wildman–Crippen LogP) is 1.10. The quantitative estimate of drug-likeness (QED) is 0.702. The lowest BCUT2D eigenvalue weighted by atomic mass is 10.2. The molecule has 82 valence electrons. The molecule has 1 aliphatic rings. The van der Waals surface area contributed by atoms with Crippen molar-refractivity contribution < 1.29 is 4.79 Å². The van der Waals surface area contributed by atoms with Crippen LogP contribution in [-0.4, -0.2) is 21.0 Å². The van der Waals surface area contributed by atoms with Crippen molar-refractivity contribution in [1.29, 1.82) is 5.26 Å². The summed E-state index contributed by atoms with van der Waals surface area (Å²) in [7, 11) is 0. The molecule has 7 heteroatoms. The van der Waals surface area contributed by atoms with Crippen LogP contribution in [0.3, 0.4) is 0 Å². The first-order chi connectivity index (χ1) is 8.29. The van der Waals surface area contributed by atoms with Gasteiger partial charge in [-0.15, -0.1) is 5.10 Å². The van der Waals surface area contributed by atoms with Gasteiger partial charge in [0.05, 0.1) is 11.4 Å². The average Bonchev–Trinajstić information content (AvgIpc) is 2.66. The topological polar surface area (TPSA) is 95.6 Å². The third-order valence-electron chi connectivity index (χ3n) is 2.39. The Balaban J connectivity index is 2.31. The molecule has 1 aromatic heterocycles. The third-order valence-corrected chi connectivity index (χ3v) is 2.39. The van der Waals surface area contributed by atoms with Crippen LogP contribution in [0.4, 0.5) is 16.3 Å². The second-order valence-corrected chi connectivity index (χ2v) is 3.41. The predicted molar refractivity (Wildman–Crippen MR) is 58.7 cm³/mol. The molecule has 1 aromatic carbocycles. The van der Waals surface area contributed by atoms with Crippen molar-refractivity contribution in [2.45, 2.75) is 0 Å². The molecule has 0 aliphatic carbocycles. The number of nitrogens with zero attached hydrogens (tertiary/aromatic N) is 4. The monoisotopic (exact) mass is 226 g/mol. The fourth-order valence-corrected chi connectivity index (χ4v) is 1.66. The van der Waals surface area contributed by atoms with Crippen LogP contribution >= 0.6 is 0 Å². The minimum Gasteiger partial charge on any atom is -0.306 e. The summed E-state index contributed by atoms with van der Waals surface area (Å²) in [6.45, 7) is 0. The summed E-state index contributed by atoms with van der Waals surface area (Å²) in [5.74, 6) is 0.273. The number of nitriles is 1. The molecule has 0 bridgehead atoms. The lowest BCUT2D eigenvalue weighted by molar-refractivity contribution is 0.262. The number of para-hydroxylation sites is 2. The number of carbonyl (C=O) groups is 1. The molecule has 0 radical (unpaired) electrons. The molecule has 0 spiro atoms. The Morgan fingerprint density at radius 2 is 2.12 bits per heavy atom. The van der Waals surface area contributed by atoms with Crippen LogP contribution in [0.1, 0.15) is 5.69 Å². The molecule has 17 heavy (non-hydrogen) atoms. The number of rotatable bonds is 0. The Labute approximate surface area is 95.7 Å². The number of benzene rings is 1. The van der Waals surface area contributed by atoms with Gasteiger partial charge in [-0.25, -0.2) is 4.79 Å². The zero-order valence-electron chi connectivity index (χ0n) is 8.51. The maximum atomic E-state index is 11.6. The fourth-order valence-electron chi connectivity index (χ4n) is 1.66. The van der Waals surface area contributed by atoms with Crippen LogP contribution < -0.4 is 10.6 Å². The number of urea groups is 1. The van der Waals surface area contributed by atoms with Crippen molar-refractivity contribution in [1.82, 2.24) is 15.0 Å². The Hall–Kier alpha value is -2.88. The van der Waals surface area contributed by atoms with E-state index in [1.54, 1.807) is 18.2 Å². The summed E-state index contributed by atoms with van der Waals surface area (Å²) in [4.78, 5) is 11.6. The van der Waals surface area contributed by atoms with Crippen LogP contribution in [0.2, 0.25) is 0 Å². The van der Waals surface area contributed by atoms with Gasteiger partial charge >= 0.3 is 6.03 Å². The standard InChI is InChI=1S/C10H6N6O/c11-5-7-9-13-10(17)12-6-3-1-2-4-8(6)16(9)15-14-7/h1-4H,(H2,12,13,17). The molecular weight excluding hydrogens is 220 g/mol. The van der Waals surface area contributed by atoms with Crippen molar-refractivity contribution in [3.63, 3.8) is 0 Å². The molecule has 0 saturated heterocycles. The number of carbonyl (C=O) groups excluding carboxylic acids is 1. The van der Waals surface area contributed by atoms with Crippen molar-refractivity contribution in [2.24, 2.45) is 0 Å².